The number of imidazole rings is 1. The SMILES string of the molecule is C=N/C(=N\C1=C(C)OCCN1CC1CCC(c2nc(C(F)(F)F)cn2C)CC1)c1cccnc1C(C)C. The van der Waals surface area contributed by atoms with Crippen molar-refractivity contribution in [2.45, 2.75) is 64.5 Å². The van der Waals surface area contributed by atoms with E-state index in [9.17, 15) is 13.2 Å². The molecule has 0 bridgehead atoms. The molecule has 1 saturated carbocycles. The van der Waals surface area contributed by atoms with Gasteiger partial charge in [0.25, 0.3) is 0 Å². The van der Waals surface area contributed by atoms with Crippen LogP contribution in [0.15, 0.2) is 46.1 Å². The summed E-state index contributed by atoms with van der Waals surface area (Å²) in [6.45, 7) is 11.9. The Morgan fingerprint density at radius 3 is 2.59 bits per heavy atom. The summed E-state index contributed by atoms with van der Waals surface area (Å²) in [5, 5.41) is 0. The van der Waals surface area contributed by atoms with E-state index < -0.39 is 11.9 Å². The van der Waals surface area contributed by atoms with Crippen LogP contribution in [0.2, 0.25) is 0 Å². The molecule has 200 valence electrons. The Morgan fingerprint density at radius 1 is 1.24 bits per heavy atom. The molecule has 0 aromatic carbocycles. The molecule has 10 heteroatoms. The molecule has 7 nitrogen and oxygen atoms in total. The highest BCUT2D eigenvalue weighted by atomic mass is 19.4. The molecule has 0 N–H and O–H groups in total. The zero-order chi connectivity index (χ0) is 26.7. The lowest BCUT2D eigenvalue weighted by molar-refractivity contribution is -0.141. The molecule has 0 atom stereocenters. The maximum atomic E-state index is 13.1. The average Bonchev–Trinajstić information content (AvgIpc) is 3.26. The van der Waals surface area contributed by atoms with Crippen LogP contribution in [0.4, 0.5) is 13.2 Å². The summed E-state index contributed by atoms with van der Waals surface area (Å²) >= 11 is 0. The first-order chi connectivity index (χ1) is 17.6. The number of nitrogens with zero attached hydrogens (tertiary/aromatic N) is 6. The molecule has 0 saturated heterocycles. The molecule has 1 fully saturated rings. The molecule has 0 spiro atoms. The largest absolute Gasteiger partial charge is 0.493 e. The number of pyridine rings is 1. The second-order valence-electron chi connectivity index (χ2n) is 10.2. The van der Waals surface area contributed by atoms with Gasteiger partial charge in [-0.3, -0.25) is 4.98 Å². The summed E-state index contributed by atoms with van der Waals surface area (Å²) in [5.74, 6) is 3.17. The van der Waals surface area contributed by atoms with Gasteiger partial charge in [-0.15, -0.1) is 0 Å². The van der Waals surface area contributed by atoms with E-state index in [4.69, 9.17) is 9.73 Å². The number of hydrogen-bond donors (Lipinski definition) is 0. The van der Waals surface area contributed by atoms with Crippen molar-refractivity contribution in [3.63, 3.8) is 0 Å². The maximum absolute atomic E-state index is 13.1. The number of halogens is 3. The molecule has 2 aliphatic rings. The zero-order valence-corrected chi connectivity index (χ0v) is 21.9. The number of aromatic nitrogens is 3. The summed E-state index contributed by atoms with van der Waals surface area (Å²) in [7, 11) is 1.65. The normalized spacial score (nSPS) is 21.4. The summed E-state index contributed by atoms with van der Waals surface area (Å²) < 4.78 is 46.7. The van der Waals surface area contributed by atoms with Crippen LogP contribution in [0, 0.1) is 5.92 Å². The number of aliphatic imine (C=N–C) groups is 2. The van der Waals surface area contributed by atoms with Crippen LogP contribution >= 0.6 is 0 Å². The Hall–Kier alpha value is -3.17. The first-order valence-corrected chi connectivity index (χ1v) is 12.8. The highest BCUT2D eigenvalue weighted by Crippen LogP contribution is 2.38. The highest BCUT2D eigenvalue weighted by Gasteiger charge is 2.36. The fraction of sp³-hybridized carbons (Fsp3) is 0.556. The van der Waals surface area contributed by atoms with E-state index in [0.29, 0.717) is 30.7 Å². The van der Waals surface area contributed by atoms with Crippen molar-refractivity contribution in [2.75, 3.05) is 19.7 Å². The Bertz CT molecular complexity index is 1180. The van der Waals surface area contributed by atoms with Crippen LogP contribution < -0.4 is 0 Å². The maximum Gasteiger partial charge on any atom is 0.434 e. The molecule has 0 radical (unpaired) electrons. The fourth-order valence-electron chi connectivity index (χ4n) is 5.29. The molecule has 3 heterocycles. The molecular formula is C27H35F3N6O. The minimum atomic E-state index is -4.42. The van der Waals surface area contributed by atoms with E-state index in [2.05, 4.69) is 40.4 Å². The highest BCUT2D eigenvalue weighted by molar-refractivity contribution is 6.02. The first kappa shape index (κ1) is 26.9. The molecule has 1 aliphatic heterocycles. The first-order valence-electron chi connectivity index (χ1n) is 12.8. The number of amidine groups is 1. The Labute approximate surface area is 216 Å². The van der Waals surface area contributed by atoms with Gasteiger partial charge in [0.15, 0.2) is 17.4 Å². The smallest absolute Gasteiger partial charge is 0.434 e. The number of allylic oxidation sites excluding steroid dienone is 1. The minimum absolute atomic E-state index is 0.0356. The Kier molecular flexibility index (Phi) is 8.04. The minimum Gasteiger partial charge on any atom is -0.493 e. The Balaban J connectivity index is 1.48. The lowest BCUT2D eigenvalue weighted by atomic mass is 9.81. The van der Waals surface area contributed by atoms with Crippen molar-refractivity contribution in [1.29, 1.82) is 0 Å². The van der Waals surface area contributed by atoms with Gasteiger partial charge in [0, 0.05) is 37.5 Å². The van der Waals surface area contributed by atoms with Crippen LogP contribution in [-0.2, 0) is 18.0 Å². The third-order valence-corrected chi connectivity index (χ3v) is 7.18. The van der Waals surface area contributed by atoms with E-state index in [1.807, 2.05) is 19.1 Å². The lowest BCUT2D eigenvalue weighted by Crippen LogP contribution is -2.36. The summed E-state index contributed by atoms with van der Waals surface area (Å²) in [5.41, 5.74) is 0.952. The van der Waals surface area contributed by atoms with Crippen LogP contribution in [0.25, 0.3) is 0 Å². The van der Waals surface area contributed by atoms with Crippen molar-refractivity contribution in [1.82, 2.24) is 19.4 Å². The van der Waals surface area contributed by atoms with E-state index in [1.54, 1.807) is 13.2 Å². The third-order valence-electron chi connectivity index (χ3n) is 7.18. The van der Waals surface area contributed by atoms with Gasteiger partial charge in [0.1, 0.15) is 18.2 Å². The molecule has 37 heavy (non-hydrogen) atoms. The van der Waals surface area contributed by atoms with Gasteiger partial charge in [0.2, 0.25) is 0 Å². The van der Waals surface area contributed by atoms with Gasteiger partial charge < -0.3 is 14.2 Å². The van der Waals surface area contributed by atoms with Crippen molar-refractivity contribution in [3.05, 3.63) is 58.9 Å². The van der Waals surface area contributed by atoms with Gasteiger partial charge in [-0.25, -0.2) is 15.0 Å². The predicted molar refractivity (Wildman–Crippen MR) is 138 cm³/mol. The van der Waals surface area contributed by atoms with Crippen LogP contribution in [-0.4, -0.2) is 51.7 Å². The van der Waals surface area contributed by atoms with Crippen LogP contribution in [0.5, 0.6) is 0 Å². The quantitative estimate of drug-likeness (QED) is 0.354. The standard InChI is InChI=1S/C27H35F3N6O/c1-17(2)23-21(7-6-12-32-23)24(31-4)34-25-18(3)37-14-13-36(25)15-19-8-10-20(11-9-19)26-33-22(16-35(26)5)27(28,29)30/h6-7,12,16-17,19-20H,4,8-11,13-15H2,1-3,5H3/b34-24-. The van der Waals surface area contributed by atoms with Gasteiger partial charge in [0.05, 0.1) is 12.2 Å². The number of ether oxygens (including phenoxy) is 1. The summed E-state index contributed by atoms with van der Waals surface area (Å²) in [6, 6.07) is 3.83. The fourth-order valence-corrected chi connectivity index (χ4v) is 5.29. The number of alkyl halides is 3. The molecule has 2 aromatic heterocycles. The van der Waals surface area contributed by atoms with E-state index in [-0.39, 0.29) is 11.8 Å². The van der Waals surface area contributed by atoms with Crippen molar-refractivity contribution in [2.24, 2.45) is 23.0 Å². The second-order valence-corrected chi connectivity index (χ2v) is 10.2. The summed E-state index contributed by atoms with van der Waals surface area (Å²) in [6.07, 6.45) is 1.89. The van der Waals surface area contributed by atoms with Crippen LogP contribution in [0.3, 0.4) is 0 Å². The van der Waals surface area contributed by atoms with Gasteiger partial charge >= 0.3 is 6.18 Å². The third kappa shape index (κ3) is 6.05. The molecule has 0 amide bonds. The topological polar surface area (TPSA) is 67.9 Å². The van der Waals surface area contributed by atoms with E-state index in [1.165, 1.54) is 4.57 Å². The summed E-state index contributed by atoms with van der Waals surface area (Å²) in [4.78, 5) is 19.8. The van der Waals surface area contributed by atoms with E-state index in [0.717, 1.165) is 61.3 Å². The van der Waals surface area contributed by atoms with Crippen molar-refractivity contribution < 1.29 is 17.9 Å². The zero-order valence-electron chi connectivity index (χ0n) is 21.9. The number of hydrogen-bond acceptors (Lipinski definition) is 5. The molecular weight excluding hydrogens is 481 g/mol. The molecule has 2 aromatic rings. The molecule has 1 aliphatic carbocycles. The predicted octanol–water partition coefficient (Wildman–Crippen LogP) is 5.90. The number of aryl methyl sites for hydroxylation is 1. The van der Waals surface area contributed by atoms with Crippen molar-refractivity contribution >= 4 is 12.6 Å². The molecule has 4 rings (SSSR count). The van der Waals surface area contributed by atoms with Gasteiger partial charge in [-0.1, -0.05) is 13.8 Å². The monoisotopic (exact) mass is 516 g/mol. The van der Waals surface area contributed by atoms with E-state index >= 15 is 0 Å². The average molecular weight is 517 g/mol. The van der Waals surface area contributed by atoms with Crippen LogP contribution in [0.1, 0.15) is 81.1 Å². The van der Waals surface area contributed by atoms with Gasteiger partial charge in [-0.2, -0.15) is 13.2 Å². The number of rotatable bonds is 6. The van der Waals surface area contributed by atoms with Gasteiger partial charge in [-0.05, 0) is 63.3 Å². The Morgan fingerprint density at radius 2 is 1.97 bits per heavy atom. The second kappa shape index (κ2) is 11.1. The lowest BCUT2D eigenvalue weighted by Gasteiger charge is -2.36. The molecule has 0 unspecified atom stereocenters. The van der Waals surface area contributed by atoms with Crippen molar-refractivity contribution in [3.8, 4) is 0 Å².